The van der Waals surface area contributed by atoms with Crippen LogP contribution in [0.4, 0.5) is 0 Å². The average molecular weight is 314 g/mol. The van der Waals surface area contributed by atoms with E-state index in [-0.39, 0.29) is 5.60 Å². The predicted octanol–water partition coefficient (Wildman–Crippen LogP) is 5.74. The number of ether oxygens (including phenoxy) is 1. The van der Waals surface area contributed by atoms with Gasteiger partial charge in [0.1, 0.15) is 17.1 Å². The minimum atomic E-state index is -0.0852. The standard InChI is InChI=1S/C21H30O2/c1-5-6-7-8-15-11-18(22)20-17-13-21(4,23-19(20)12-15)10-9-16(17)14(2)3/h11-12,16-17,22H,2,5-10,13H2,1,3-4H3/t16?,17-,21-/m1/s1. The lowest BCUT2D eigenvalue weighted by Gasteiger charge is -2.48. The smallest absolute Gasteiger partial charge is 0.127 e. The van der Waals surface area contributed by atoms with E-state index < -0.39 is 0 Å². The molecule has 1 aromatic carbocycles. The van der Waals surface area contributed by atoms with Crippen LogP contribution >= 0.6 is 0 Å². The number of phenolic OH excluding ortho intramolecular Hbond substituents is 1. The topological polar surface area (TPSA) is 29.5 Å². The van der Waals surface area contributed by atoms with Crippen molar-refractivity contribution in [3.8, 4) is 11.5 Å². The fourth-order valence-corrected chi connectivity index (χ4v) is 4.47. The van der Waals surface area contributed by atoms with Crippen molar-refractivity contribution < 1.29 is 9.84 Å². The lowest BCUT2D eigenvalue weighted by Crippen LogP contribution is -2.44. The zero-order chi connectivity index (χ0) is 16.6. The van der Waals surface area contributed by atoms with Crippen molar-refractivity contribution >= 4 is 0 Å². The van der Waals surface area contributed by atoms with Gasteiger partial charge in [0.2, 0.25) is 0 Å². The van der Waals surface area contributed by atoms with Gasteiger partial charge in [-0.3, -0.25) is 0 Å². The van der Waals surface area contributed by atoms with Crippen LogP contribution in [0.3, 0.4) is 0 Å². The van der Waals surface area contributed by atoms with E-state index in [0.29, 0.717) is 17.6 Å². The van der Waals surface area contributed by atoms with Crippen LogP contribution in [0.15, 0.2) is 24.3 Å². The van der Waals surface area contributed by atoms with Crippen LogP contribution in [0, 0.1) is 5.92 Å². The summed E-state index contributed by atoms with van der Waals surface area (Å²) in [5, 5.41) is 10.7. The molecule has 126 valence electrons. The fraction of sp³-hybridized carbons (Fsp3) is 0.619. The molecule has 3 atom stereocenters. The summed E-state index contributed by atoms with van der Waals surface area (Å²) in [6.07, 6.45) is 7.80. The second-order valence-corrected chi connectivity index (χ2v) is 7.84. The third kappa shape index (κ3) is 3.13. The third-order valence-electron chi connectivity index (χ3n) is 5.73. The van der Waals surface area contributed by atoms with Crippen molar-refractivity contribution in [1.29, 1.82) is 0 Å². The first-order valence-electron chi connectivity index (χ1n) is 9.14. The first-order valence-corrected chi connectivity index (χ1v) is 9.14. The van der Waals surface area contributed by atoms with Gasteiger partial charge in [-0.2, -0.15) is 0 Å². The maximum atomic E-state index is 10.7. The van der Waals surface area contributed by atoms with Gasteiger partial charge in [-0.05, 0) is 69.6 Å². The molecule has 1 fully saturated rings. The first-order chi connectivity index (χ1) is 10.9. The molecule has 2 bridgehead atoms. The molecule has 1 aromatic rings. The number of phenols is 1. The summed E-state index contributed by atoms with van der Waals surface area (Å²) in [5.74, 6) is 2.15. The Hall–Kier alpha value is -1.44. The van der Waals surface area contributed by atoms with Crippen LogP contribution in [0.2, 0.25) is 0 Å². The summed E-state index contributed by atoms with van der Waals surface area (Å²) in [4.78, 5) is 0. The normalized spacial score (nSPS) is 28.8. The molecule has 1 saturated carbocycles. The molecule has 2 nitrogen and oxygen atoms in total. The maximum absolute atomic E-state index is 10.7. The van der Waals surface area contributed by atoms with Crippen molar-refractivity contribution in [3.05, 3.63) is 35.4 Å². The number of rotatable bonds is 5. The minimum Gasteiger partial charge on any atom is -0.508 e. The summed E-state index contributed by atoms with van der Waals surface area (Å²) >= 11 is 0. The molecule has 0 aromatic heterocycles. The van der Waals surface area contributed by atoms with Gasteiger partial charge in [-0.15, -0.1) is 0 Å². The van der Waals surface area contributed by atoms with Gasteiger partial charge in [0, 0.05) is 11.5 Å². The van der Waals surface area contributed by atoms with Gasteiger partial charge in [0.25, 0.3) is 0 Å². The van der Waals surface area contributed by atoms with Gasteiger partial charge in [-0.1, -0.05) is 31.9 Å². The van der Waals surface area contributed by atoms with E-state index in [1.54, 1.807) is 0 Å². The molecule has 0 spiro atoms. The molecule has 1 unspecified atom stereocenters. The van der Waals surface area contributed by atoms with E-state index in [4.69, 9.17) is 4.74 Å². The predicted molar refractivity (Wildman–Crippen MR) is 95.3 cm³/mol. The molecule has 2 aliphatic rings. The molecule has 1 heterocycles. The summed E-state index contributed by atoms with van der Waals surface area (Å²) in [5.41, 5.74) is 3.37. The highest BCUT2D eigenvalue weighted by Crippen LogP contribution is 2.55. The molecule has 1 N–H and O–H groups in total. The van der Waals surface area contributed by atoms with Crippen LogP contribution in [0.1, 0.15) is 76.3 Å². The van der Waals surface area contributed by atoms with Gasteiger partial charge in [0.05, 0.1) is 0 Å². The van der Waals surface area contributed by atoms with E-state index in [9.17, 15) is 5.11 Å². The van der Waals surface area contributed by atoms with Crippen LogP contribution in [0.25, 0.3) is 0 Å². The molecule has 23 heavy (non-hydrogen) atoms. The summed E-state index contributed by atoms with van der Waals surface area (Å²) in [6, 6.07) is 4.14. The van der Waals surface area contributed by atoms with Crippen LogP contribution in [0.5, 0.6) is 11.5 Å². The Balaban J connectivity index is 1.96. The Bertz CT molecular complexity index is 604. The zero-order valence-electron chi connectivity index (χ0n) is 14.8. The Kier molecular flexibility index (Phi) is 4.44. The molecular weight excluding hydrogens is 284 g/mol. The fourth-order valence-electron chi connectivity index (χ4n) is 4.47. The van der Waals surface area contributed by atoms with E-state index in [1.165, 1.54) is 30.4 Å². The Labute approximate surface area is 140 Å². The van der Waals surface area contributed by atoms with Crippen molar-refractivity contribution in [2.45, 2.75) is 77.2 Å². The molecule has 0 amide bonds. The lowest BCUT2D eigenvalue weighted by molar-refractivity contribution is 0.00630. The number of hydrogen-bond acceptors (Lipinski definition) is 2. The van der Waals surface area contributed by atoms with Crippen molar-refractivity contribution in [2.75, 3.05) is 0 Å². The van der Waals surface area contributed by atoms with Crippen LogP contribution in [-0.2, 0) is 6.42 Å². The van der Waals surface area contributed by atoms with Crippen molar-refractivity contribution in [2.24, 2.45) is 5.92 Å². The molecule has 1 aliphatic heterocycles. The van der Waals surface area contributed by atoms with Gasteiger partial charge in [-0.25, -0.2) is 0 Å². The maximum Gasteiger partial charge on any atom is 0.127 e. The minimum absolute atomic E-state index is 0.0852. The number of fused-ring (bicyclic) bond motifs is 4. The summed E-state index contributed by atoms with van der Waals surface area (Å²) in [6.45, 7) is 10.8. The highest BCUT2D eigenvalue weighted by molar-refractivity contribution is 5.52. The Morgan fingerprint density at radius 1 is 1.39 bits per heavy atom. The van der Waals surface area contributed by atoms with Crippen molar-refractivity contribution in [1.82, 2.24) is 0 Å². The SMILES string of the molecule is C=C(C)C1CC[C@]2(C)C[C@H]1c1c(O)cc(CCCCC)cc1O2. The molecule has 0 saturated heterocycles. The first kappa shape index (κ1) is 16.4. The molecular formula is C21H30O2. The summed E-state index contributed by atoms with van der Waals surface area (Å²) < 4.78 is 6.36. The molecule has 1 aliphatic carbocycles. The largest absolute Gasteiger partial charge is 0.508 e. The third-order valence-corrected chi connectivity index (χ3v) is 5.73. The number of hydrogen-bond donors (Lipinski definition) is 1. The number of aromatic hydroxyl groups is 1. The summed E-state index contributed by atoms with van der Waals surface area (Å²) in [7, 11) is 0. The number of aryl methyl sites for hydroxylation is 1. The zero-order valence-corrected chi connectivity index (χ0v) is 14.8. The number of unbranched alkanes of at least 4 members (excludes halogenated alkanes) is 2. The van der Waals surface area contributed by atoms with Gasteiger partial charge in [0.15, 0.2) is 0 Å². The quantitative estimate of drug-likeness (QED) is 0.555. The second kappa shape index (κ2) is 6.22. The molecule has 3 rings (SSSR count). The van der Waals surface area contributed by atoms with Crippen molar-refractivity contribution in [3.63, 3.8) is 0 Å². The number of allylic oxidation sites excluding steroid dienone is 1. The van der Waals surface area contributed by atoms with Gasteiger partial charge < -0.3 is 9.84 Å². The average Bonchev–Trinajstić information content (AvgIpc) is 2.46. The Morgan fingerprint density at radius 3 is 2.87 bits per heavy atom. The van der Waals surface area contributed by atoms with Gasteiger partial charge >= 0.3 is 0 Å². The lowest BCUT2D eigenvalue weighted by atomic mass is 9.65. The highest BCUT2D eigenvalue weighted by Gasteiger charge is 2.46. The van der Waals surface area contributed by atoms with Crippen LogP contribution in [-0.4, -0.2) is 10.7 Å². The van der Waals surface area contributed by atoms with E-state index >= 15 is 0 Å². The highest BCUT2D eigenvalue weighted by atomic mass is 16.5. The molecule has 0 radical (unpaired) electrons. The Morgan fingerprint density at radius 2 is 2.17 bits per heavy atom. The monoisotopic (exact) mass is 314 g/mol. The van der Waals surface area contributed by atoms with Crippen LogP contribution < -0.4 is 4.74 Å². The second-order valence-electron chi connectivity index (χ2n) is 7.84. The van der Waals surface area contributed by atoms with E-state index in [2.05, 4.69) is 33.4 Å². The number of benzene rings is 1. The van der Waals surface area contributed by atoms with E-state index in [0.717, 1.165) is 37.0 Å². The van der Waals surface area contributed by atoms with E-state index in [1.807, 2.05) is 6.07 Å². The molecule has 2 heteroatoms.